The lowest BCUT2D eigenvalue weighted by molar-refractivity contribution is -0.323. The topological polar surface area (TPSA) is 174 Å². The van der Waals surface area contributed by atoms with E-state index in [0.717, 1.165) is 16.8 Å². The number of anilines is 4. The zero-order valence-electron chi connectivity index (χ0n) is 19.1. The first-order valence-corrected chi connectivity index (χ1v) is 12.0. The number of ether oxygens (including phenoxy) is 1. The molecule has 1 aromatic heterocycles. The predicted molar refractivity (Wildman–Crippen MR) is 128 cm³/mol. The molecule has 0 unspecified atom stereocenters. The van der Waals surface area contributed by atoms with Crippen LogP contribution in [0, 0.1) is 0 Å². The number of hydrogen-bond donors (Lipinski definition) is 5. The zero-order valence-corrected chi connectivity index (χ0v) is 19.9. The number of hydrogen-bond acceptors (Lipinski definition) is 11. The third kappa shape index (κ3) is 6.64. The largest absolute Gasteiger partial charge is 0.465 e. The van der Waals surface area contributed by atoms with Gasteiger partial charge in [0, 0.05) is 25.5 Å². The Balaban J connectivity index is 1.83. The van der Waals surface area contributed by atoms with Crippen LogP contribution in [-0.4, -0.2) is 60.1 Å². The fraction of sp³-hybridized carbons (Fsp3) is 0.227. The third-order valence-electron chi connectivity index (χ3n) is 4.94. The number of nitrogens with zero attached hydrogens (tertiary/aromatic N) is 3. The number of esters is 1. The quantitative estimate of drug-likeness (QED) is 0.209. The highest BCUT2D eigenvalue weighted by Gasteiger charge is 2.28. The second-order valence-electron chi connectivity index (χ2n) is 7.54. The highest BCUT2D eigenvalue weighted by molar-refractivity contribution is 7.92. The third-order valence-corrected chi connectivity index (χ3v) is 6.15. The van der Waals surface area contributed by atoms with Gasteiger partial charge in [-0.25, -0.2) is 18.2 Å². The Morgan fingerprint density at radius 3 is 2.43 bits per heavy atom. The van der Waals surface area contributed by atoms with Gasteiger partial charge in [-0.2, -0.15) is 4.98 Å². The molecule has 0 atom stereocenters. The molecule has 3 aromatic rings. The molecule has 0 saturated heterocycles. The minimum Gasteiger partial charge on any atom is -0.465 e. The first-order chi connectivity index (χ1) is 16.4. The number of aromatic nitrogens is 2. The van der Waals surface area contributed by atoms with Crippen LogP contribution < -0.4 is 14.9 Å². The van der Waals surface area contributed by atoms with Gasteiger partial charge >= 0.3 is 11.9 Å². The van der Waals surface area contributed by atoms with E-state index in [9.17, 15) is 28.5 Å². The summed E-state index contributed by atoms with van der Waals surface area (Å²) in [6.45, 7) is 0.110. The zero-order chi connectivity index (χ0) is 25.8. The van der Waals surface area contributed by atoms with Crippen molar-refractivity contribution in [1.82, 2.24) is 9.97 Å². The number of sulfonamides is 1. The van der Waals surface area contributed by atoms with E-state index < -0.39 is 27.5 Å². The van der Waals surface area contributed by atoms with Crippen LogP contribution in [0.3, 0.4) is 0 Å². The van der Waals surface area contributed by atoms with Crippen molar-refractivity contribution >= 4 is 39.1 Å². The Morgan fingerprint density at radius 1 is 1.14 bits per heavy atom. The first-order valence-electron chi connectivity index (χ1n) is 10.1. The van der Waals surface area contributed by atoms with Crippen molar-refractivity contribution in [3.05, 3.63) is 71.4 Å². The lowest BCUT2D eigenvalue weighted by Gasteiger charge is -2.20. The van der Waals surface area contributed by atoms with E-state index in [2.05, 4.69) is 25.3 Å². The Kier molecular flexibility index (Phi) is 7.55. The van der Waals surface area contributed by atoms with E-state index in [4.69, 9.17) is 0 Å². The molecule has 0 saturated carbocycles. The van der Waals surface area contributed by atoms with Crippen LogP contribution in [0.5, 0.6) is 0 Å². The summed E-state index contributed by atoms with van der Waals surface area (Å²) in [5.74, 6) is -3.71. The van der Waals surface area contributed by atoms with E-state index in [1.54, 1.807) is 48.5 Å². The Bertz CT molecular complexity index is 1310. The molecule has 3 rings (SSSR count). The van der Waals surface area contributed by atoms with Crippen LogP contribution >= 0.6 is 0 Å². The van der Waals surface area contributed by atoms with Gasteiger partial charge in [0.25, 0.3) is 0 Å². The van der Waals surface area contributed by atoms with Gasteiger partial charge in [-0.05, 0) is 42.0 Å². The molecule has 0 spiro atoms. The number of aliphatic hydroxyl groups is 3. The summed E-state index contributed by atoms with van der Waals surface area (Å²) < 4.78 is 29.4. The molecule has 0 amide bonds. The molecule has 35 heavy (non-hydrogen) atoms. The SMILES string of the molecule is COC(=O)c1ccc(Nc2ncc(C(O)(O)O)c(NCc3cccc(N(C)S(C)(=O)=O)c3)n2)cc1. The van der Waals surface area contributed by atoms with Crippen LogP contribution in [0.1, 0.15) is 21.5 Å². The first kappa shape index (κ1) is 25.8. The van der Waals surface area contributed by atoms with Crippen molar-refractivity contribution < 1.29 is 33.3 Å². The highest BCUT2D eigenvalue weighted by Crippen LogP contribution is 2.25. The molecular weight excluding hydrogens is 478 g/mol. The lowest BCUT2D eigenvalue weighted by atomic mass is 10.2. The Labute approximate surface area is 201 Å². The van der Waals surface area contributed by atoms with E-state index >= 15 is 0 Å². The summed E-state index contributed by atoms with van der Waals surface area (Å²) in [4.78, 5) is 19.8. The summed E-state index contributed by atoms with van der Waals surface area (Å²) in [5.41, 5.74) is 1.60. The molecule has 0 bridgehead atoms. The maximum absolute atomic E-state index is 11.8. The number of rotatable bonds is 9. The van der Waals surface area contributed by atoms with Crippen molar-refractivity contribution in [1.29, 1.82) is 0 Å². The van der Waals surface area contributed by atoms with Gasteiger partial charge in [0.05, 0.1) is 24.6 Å². The van der Waals surface area contributed by atoms with Gasteiger partial charge in [-0.1, -0.05) is 12.1 Å². The second kappa shape index (κ2) is 10.2. The molecule has 5 N–H and O–H groups in total. The normalized spacial score (nSPS) is 11.6. The monoisotopic (exact) mass is 503 g/mol. The predicted octanol–water partition coefficient (Wildman–Crippen LogP) is 1.10. The lowest BCUT2D eigenvalue weighted by Crippen LogP contribution is -2.26. The van der Waals surface area contributed by atoms with Gasteiger partial charge in [0.15, 0.2) is 0 Å². The number of methoxy groups -OCH3 is 1. The fourth-order valence-corrected chi connectivity index (χ4v) is 3.49. The van der Waals surface area contributed by atoms with Crippen LogP contribution in [0.2, 0.25) is 0 Å². The molecule has 13 heteroatoms. The molecule has 0 radical (unpaired) electrons. The summed E-state index contributed by atoms with van der Waals surface area (Å²) in [5, 5.41) is 35.0. The van der Waals surface area contributed by atoms with Crippen molar-refractivity contribution in [3.8, 4) is 0 Å². The van der Waals surface area contributed by atoms with E-state index in [0.29, 0.717) is 22.5 Å². The maximum atomic E-state index is 11.8. The van der Waals surface area contributed by atoms with E-state index in [-0.39, 0.29) is 18.3 Å². The second-order valence-corrected chi connectivity index (χ2v) is 9.55. The summed E-state index contributed by atoms with van der Waals surface area (Å²) >= 11 is 0. The summed E-state index contributed by atoms with van der Waals surface area (Å²) in [6.07, 6.45) is 2.13. The number of carbonyl (C=O) groups excluding carboxylic acids is 1. The minimum atomic E-state index is -3.45. The van der Waals surface area contributed by atoms with Gasteiger partial charge < -0.3 is 30.7 Å². The van der Waals surface area contributed by atoms with Gasteiger partial charge in [-0.15, -0.1) is 0 Å². The molecule has 12 nitrogen and oxygen atoms in total. The number of benzene rings is 2. The molecule has 1 heterocycles. The number of carbonyl (C=O) groups is 1. The van der Waals surface area contributed by atoms with Crippen molar-refractivity contribution in [3.63, 3.8) is 0 Å². The van der Waals surface area contributed by atoms with Crippen LogP contribution in [0.15, 0.2) is 54.7 Å². The van der Waals surface area contributed by atoms with Crippen LogP contribution in [-0.2, 0) is 27.3 Å². The molecule has 0 fully saturated rings. The van der Waals surface area contributed by atoms with Crippen molar-refractivity contribution in [2.75, 3.05) is 35.4 Å². The van der Waals surface area contributed by atoms with Crippen LogP contribution in [0.4, 0.5) is 23.1 Å². The average molecular weight is 504 g/mol. The summed E-state index contributed by atoms with van der Waals surface area (Å²) in [7, 11) is -0.743. The fourth-order valence-electron chi connectivity index (χ4n) is 3.00. The van der Waals surface area contributed by atoms with Gasteiger partial charge in [-0.3, -0.25) is 4.31 Å². The van der Waals surface area contributed by atoms with E-state index in [1.807, 2.05) is 0 Å². The molecular formula is C22H25N5O7S. The highest BCUT2D eigenvalue weighted by atomic mass is 32.2. The molecule has 0 aliphatic heterocycles. The molecule has 186 valence electrons. The van der Waals surface area contributed by atoms with Crippen molar-refractivity contribution in [2.45, 2.75) is 12.5 Å². The standard InChI is InChI=1S/C22H25N5O7S/c1-27(35(3,32)33)17-6-4-5-14(11-17)12-23-19-18(22(29,30)31)13-24-21(26-19)25-16-9-7-15(8-10-16)20(28)34-2/h4-11,13,29-31H,12H2,1-3H3,(H2,23,24,25,26). The Hall–Kier alpha value is -3.78. The van der Waals surface area contributed by atoms with Gasteiger partial charge in [0.2, 0.25) is 16.0 Å². The molecule has 2 aromatic carbocycles. The van der Waals surface area contributed by atoms with E-state index in [1.165, 1.54) is 14.2 Å². The minimum absolute atomic E-state index is 0.0666. The Morgan fingerprint density at radius 2 is 1.83 bits per heavy atom. The summed E-state index contributed by atoms with van der Waals surface area (Å²) in [6, 6.07) is 13.0. The average Bonchev–Trinajstić information content (AvgIpc) is 2.81. The van der Waals surface area contributed by atoms with Gasteiger partial charge in [0.1, 0.15) is 11.4 Å². The smallest absolute Gasteiger partial charge is 0.337 e. The van der Waals surface area contributed by atoms with Crippen molar-refractivity contribution in [2.24, 2.45) is 0 Å². The maximum Gasteiger partial charge on any atom is 0.337 e. The molecule has 0 aliphatic carbocycles. The van der Waals surface area contributed by atoms with Crippen LogP contribution in [0.25, 0.3) is 0 Å². The number of nitrogens with one attached hydrogen (secondary N) is 2. The molecule has 0 aliphatic rings.